The van der Waals surface area contributed by atoms with E-state index in [2.05, 4.69) is 37.6 Å². The molecule has 0 aliphatic heterocycles. The zero-order chi connectivity index (χ0) is 29.2. The van der Waals surface area contributed by atoms with Gasteiger partial charge in [-0.25, -0.2) is 14.2 Å². The smallest absolute Gasteiger partial charge is 0.346 e. The van der Waals surface area contributed by atoms with Crippen molar-refractivity contribution in [3.63, 3.8) is 0 Å². The average Bonchev–Trinajstić information content (AvgIpc) is 3.80. The number of rotatable bonds is 11. The molecule has 1 aromatic heterocycles. The summed E-state index contributed by atoms with van der Waals surface area (Å²) in [5, 5.41) is 8.92. The van der Waals surface area contributed by atoms with E-state index in [9.17, 15) is 9.59 Å². The monoisotopic (exact) mass is 550 g/mol. The van der Waals surface area contributed by atoms with Crippen LogP contribution in [0.5, 0.6) is 11.6 Å². The van der Waals surface area contributed by atoms with Crippen molar-refractivity contribution in [2.45, 2.75) is 78.4 Å². The molecular formula is C32H39FN2O5. The lowest BCUT2D eigenvalue weighted by molar-refractivity contribution is -0.136. The number of carbonyl (C=O) groups is 2. The van der Waals surface area contributed by atoms with Crippen LogP contribution in [0.15, 0.2) is 54.7 Å². The van der Waals surface area contributed by atoms with E-state index >= 15 is 4.39 Å². The van der Waals surface area contributed by atoms with Gasteiger partial charge in [-0.05, 0) is 86.7 Å². The van der Waals surface area contributed by atoms with E-state index in [0.717, 1.165) is 11.1 Å². The normalized spacial score (nSPS) is 12.2. The van der Waals surface area contributed by atoms with Gasteiger partial charge in [0.25, 0.3) is 0 Å². The number of aromatic nitrogens is 1. The van der Waals surface area contributed by atoms with Gasteiger partial charge in [-0.1, -0.05) is 31.4 Å². The quantitative estimate of drug-likeness (QED) is 0.205. The van der Waals surface area contributed by atoms with Gasteiger partial charge in [0, 0.05) is 37.3 Å². The first-order valence-electron chi connectivity index (χ1n) is 13.7. The molecule has 8 heteroatoms. The SMILES string of the molecule is C1CC1.COc1cc(-c2cc(F)c(C(=O)Oc3cccc(CCC(=O)O)c3)cc2CN(C(C)C)C(C)C)ccn1. The Labute approximate surface area is 236 Å². The first-order valence-corrected chi connectivity index (χ1v) is 13.7. The van der Waals surface area contributed by atoms with E-state index in [0.29, 0.717) is 30.0 Å². The van der Waals surface area contributed by atoms with Crippen LogP contribution < -0.4 is 9.47 Å². The number of aliphatic carboxylic acids is 1. The van der Waals surface area contributed by atoms with Crippen LogP contribution in [0.3, 0.4) is 0 Å². The standard InChI is InChI=1S/C29H33FN2O5.C3H6/c1-18(2)32(19(3)4)17-22-14-25(26(30)16-24(22)21-11-12-31-27(15-21)36-5)29(35)37-23-8-6-7-20(13-23)9-10-28(33)34;1-2-3-1/h6-8,11-16,18-19H,9-10,17H2,1-5H3,(H,33,34);1-3H2. The molecule has 3 aromatic rings. The summed E-state index contributed by atoms with van der Waals surface area (Å²) in [6.07, 6.45) is 6.35. The van der Waals surface area contributed by atoms with Gasteiger partial charge in [0.15, 0.2) is 0 Å². The van der Waals surface area contributed by atoms with Crippen molar-refractivity contribution in [3.05, 3.63) is 77.2 Å². The molecule has 1 fully saturated rings. The fourth-order valence-electron chi connectivity index (χ4n) is 4.20. The number of carboxylic acids is 1. The maximum absolute atomic E-state index is 15.4. The van der Waals surface area contributed by atoms with Crippen molar-refractivity contribution in [2.75, 3.05) is 7.11 Å². The zero-order valence-corrected chi connectivity index (χ0v) is 23.9. The summed E-state index contributed by atoms with van der Waals surface area (Å²) in [4.78, 5) is 30.3. The summed E-state index contributed by atoms with van der Waals surface area (Å²) in [6.45, 7) is 8.84. The summed E-state index contributed by atoms with van der Waals surface area (Å²) in [7, 11) is 1.52. The maximum Gasteiger partial charge on any atom is 0.346 e. The Morgan fingerprint density at radius 3 is 2.33 bits per heavy atom. The molecule has 40 heavy (non-hydrogen) atoms. The van der Waals surface area contributed by atoms with Crippen LogP contribution in [-0.2, 0) is 17.8 Å². The lowest BCUT2D eigenvalue weighted by Crippen LogP contribution is -2.36. The molecule has 0 atom stereocenters. The molecule has 1 aliphatic carbocycles. The Hall–Kier alpha value is -3.78. The lowest BCUT2D eigenvalue weighted by Gasteiger charge is -2.31. The first-order chi connectivity index (χ1) is 19.1. The summed E-state index contributed by atoms with van der Waals surface area (Å²) in [6, 6.07) is 13.4. The molecule has 1 N–H and O–H groups in total. The summed E-state index contributed by atoms with van der Waals surface area (Å²) < 4.78 is 26.1. The second-order valence-electron chi connectivity index (χ2n) is 10.4. The van der Waals surface area contributed by atoms with Crippen molar-refractivity contribution in [1.82, 2.24) is 9.88 Å². The van der Waals surface area contributed by atoms with Crippen LogP contribution >= 0.6 is 0 Å². The summed E-state index contributed by atoms with van der Waals surface area (Å²) >= 11 is 0. The van der Waals surface area contributed by atoms with E-state index in [-0.39, 0.29) is 29.8 Å². The Balaban J connectivity index is 0.00000137. The second-order valence-corrected chi connectivity index (χ2v) is 10.4. The first kappa shape index (κ1) is 30.8. The molecule has 4 rings (SSSR count). The van der Waals surface area contributed by atoms with Crippen LogP contribution in [0, 0.1) is 5.82 Å². The van der Waals surface area contributed by atoms with Gasteiger partial charge in [0.1, 0.15) is 11.6 Å². The predicted molar refractivity (Wildman–Crippen MR) is 153 cm³/mol. The number of benzene rings is 2. The molecule has 0 unspecified atom stereocenters. The average molecular weight is 551 g/mol. The molecule has 2 aromatic carbocycles. The van der Waals surface area contributed by atoms with E-state index in [1.807, 2.05) is 0 Å². The van der Waals surface area contributed by atoms with Crippen LogP contribution in [0.1, 0.15) is 74.9 Å². The molecule has 1 aliphatic rings. The fourth-order valence-corrected chi connectivity index (χ4v) is 4.20. The number of ether oxygens (including phenoxy) is 2. The Bertz CT molecular complexity index is 1300. The van der Waals surface area contributed by atoms with Crippen molar-refractivity contribution >= 4 is 11.9 Å². The largest absolute Gasteiger partial charge is 0.481 e. The second kappa shape index (κ2) is 14.6. The van der Waals surface area contributed by atoms with Gasteiger partial charge in [-0.2, -0.15) is 0 Å². The summed E-state index contributed by atoms with van der Waals surface area (Å²) in [5.41, 5.74) is 2.65. The topological polar surface area (TPSA) is 89.0 Å². The molecule has 1 heterocycles. The number of aryl methyl sites for hydroxylation is 1. The minimum absolute atomic E-state index is 0.0428. The van der Waals surface area contributed by atoms with Crippen LogP contribution in [-0.4, -0.2) is 46.1 Å². The molecule has 0 spiro atoms. The van der Waals surface area contributed by atoms with Crippen molar-refractivity contribution in [2.24, 2.45) is 0 Å². The van der Waals surface area contributed by atoms with Crippen LogP contribution in [0.25, 0.3) is 11.1 Å². The van der Waals surface area contributed by atoms with Crippen molar-refractivity contribution in [1.29, 1.82) is 0 Å². The number of carbonyl (C=O) groups excluding carboxylic acids is 1. The fraction of sp³-hybridized carbons (Fsp3) is 0.406. The molecule has 0 saturated heterocycles. The highest BCUT2D eigenvalue weighted by Crippen LogP contribution is 2.31. The van der Waals surface area contributed by atoms with Crippen LogP contribution in [0.2, 0.25) is 0 Å². The third kappa shape index (κ3) is 9.16. The van der Waals surface area contributed by atoms with E-state index in [1.165, 1.54) is 32.4 Å². The number of hydrogen-bond donors (Lipinski definition) is 1. The molecule has 0 radical (unpaired) electrons. The number of carboxylic acid groups (broad SMARTS) is 1. The van der Waals surface area contributed by atoms with E-state index in [1.54, 1.807) is 48.7 Å². The van der Waals surface area contributed by atoms with Gasteiger partial charge in [-0.15, -0.1) is 0 Å². The molecular weight excluding hydrogens is 511 g/mol. The lowest BCUT2D eigenvalue weighted by atomic mass is 9.96. The number of methoxy groups -OCH3 is 1. The number of nitrogens with zero attached hydrogens (tertiary/aromatic N) is 2. The Kier molecular flexibility index (Phi) is 11.2. The Morgan fingerprint density at radius 2 is 1.73 bits per heavy atom. The molecule has 7 nitrogen and oxygen atoms in total. The summed E-state index contributed by atoms with van der Waals surface area (Å²) in [5.74, 6) is -1.82. The number of pyridine rings is 1. The highest BCUT2D eigenvalue weighted by molar-refractivity contribution is 5.92. The van der Waals surface area contributed by atoms with Crippen molar-refractivity contribution < 1.29 is 28.6 Å². The zero-order valence-electron chi connectivity index (χ0n) is 23.9. The van der Waals surface area contributed by atoms with Gasteiger partial charge in [0.2, 0.25) is 5.88 Å². The number of hydrogen-bond acceptors (Lipinski definition) is 6. The number of esters is 1. The third-order valence-electron chi connectivity index (χ3n) is 6.44. The van der Waals surface area contributed by atoms with E-state index < -0.39 is 17.8 Å². The van der Waals surface area contributed by atoms with Gasteiger partial charge < -0.3 is 14.6 Å². The van der Waals surface area contributed by atoms with E-state index in [4.69, 9.17) is 14.6 Å². The highest BCUT2D eigenvalue weighted by atomic mass is 19.1. The minimum Gasteiger partial charge on any atom is -0.481 e. The Morgan fingerprint density at radius 1 is 1.02 bits per heavy atom. The highest BCUT2D eigenvalue weighted by Gasteiger charge is 2.22. The third-order valence-corrected chi connectivity index (χ3v) is 6.44. The van der Waals surface area contributed by atoms with Gasteiger partial charge in [-0.3, -0.25) is 9.69 Å². The molecule has 0 amide bonds. The molecule has 1 saturated carbocycles. The minimum atomic E-state index is -0.916. The predicted octanol–water partition coefficient (Wildman–Crippen LogP) is 6.92. The molecule has 0 bridgehead atoms. The van der Waals surface area contributed by atoms with Crippen LogP contribution in [0.4, 0.5) is 4.39 Å². The molecule has 214 valence electrons. The number of halogens is 1. The van der Waals surface area contributed by atoms with Gasteiger partial charge >= 0.3 is 11.9 Å². The van der Waals surface area contributed by atoms with Crippen molar-refractivity contribution in [3.8, 4) is 22.8 Å². The van der Waals surface area contributed by atoms with Gasteiger partial charge in [0.05, 0.1) is 12.7 Å². The maximum atomic E-state index is 15.4.